The lowest BCUT2D eigenvalue weighted by Crippen LogP contribution is -1.89. The van der Waals surface area contributed by atoms with Crippen LogP contribution in [0, 0.1) is 5.82 Å². The molecule has 0 unspecified atom stereocenters. The average Bonchev–Trinajstić information content (AvgIpc) is 3.16. The molecule has 4 nitrogen and oxygen atoms in total. The third-order valence-electron chi connectivity index (χ3n) is 3.56. The summed E-state index contributed by atoms with van der Waals surface area (Å²) < 4.78 is 13.2. The van der Waals surface area contributed by atoms with Crippen molar-refractivity contribution in [1.29, 1.82) is 0 Å². The van der Waals surface area contributed by atoms with Gasteiger partial charge in [0.25, 0.3) is 0 Å². The molecule has 0 aliphatic heterocycles. The van der Waals surface area contributed by atoms with Crippen LogP contribution in [-0.4, -0.2) is 15.2 Å². The van der Waals surface area contributed by atoms with E-state index in [0.717, 1.165) is 10.5 Å². The molecule has 0 fully saturated rings. The number of hydrogen-bond donors (Lipinski definition) is 2. The Morgan fingerprint density at radius 2 is 2.00 bits per heavy atom. The van der Waals surface area contributed by atoms with Crippen LogP contribution in [0.3, 0.4) is 0 Å². The quantitative estimate of drug-likeness (QED) is 0.581. The summed E-state index contributed by atoms with van der Waals surface area (Å²) >= 11 is 1.47. The number of nitrogens with one attached hydrogen (secondary N) is 2. The normalized spacial score (nSPS) is 11.0. The molecule has 0 saturated carbocycles. The van der Waals surface area contributed by atoms with Crippen molar-refractivity contribution < 1.29 is 4.39 Å². The summed E-state index contributed by atoms with van der Waals surface area (Å²) in [5, 5.41) is 14.2. The molecule has 0 spiro atoms. The van der Waals surface area contributed by atoms with Gasteiger partial charge in [0.1, 0.15) is 10.8 Å². The van der Waals surface area contributed by atoms with E-state index >= 15 is 0 Å². The Bertz CT molecular complexity index is 960. The minimum atomic E-state index is -0.279. The largest absolute Gasteiger partial charge is 0.361 e. The molecule has 2 heterocycles. The van der Waals surface area contributed by atoms with E-state index in [-0.39, 0.29) is 5.82 Å². The van der Waals surface area contributed by atoms with E-state index in [1.165, 1.54) is 34.4 Å². The van der Waals surface area contributed by atoms with Gasteiger partial charge in [-0.15, -0.1) is 10.2 Å². The molecule has 2 aromatic heterocycles. The molecule has 23 heavy (non-hydrogen) atoms. The van der Waals surface area contributed by atoms with Gasteiger partial charge in [-0.25, -0.2) is 4.39 Å². The molecule has 6 heteroatoms. The van der Waals surface area contributed by atoms with Crippen LogP contribution in [0.2, 0.25) is 0 Å². The van der Waals surface area contributed by atoms with E-state index < -0.39 is 0 Å². The van der Waals surface area contributed by atoms with Crippen LogP contribution in [-0.2, 0) is 6.42 Å². The van der Waals surface area contributed by atoms with Crippen molar-refractivity contribution in [2.75, 3.05) is 5.32 Å². The van der Waals surface area contributed by atoms with Crippen LogP contribution >= 0.6 is 11.3 Å². The lowest BCUT2D eigenvalue weighted by atomic mass is 10.1. The van der Waals surface area contributed by atoms with Crippen molar-refractivity contribution in [3.63, 3.8) is 0 Å². The van der Waals surface area contributed by atoms with Crippen LogP contribution in [0.4, 0.5) is 15.2 Å². The van der Waals surface area contributed by atoms with Crippen molar-refractivity contribution in [3.05, 3.63) is 71.1 Å². The van der Waals surface area contributed by atoms with Crippen LogP contribution in [0.1, 0.15) is 10.6 Å². The summed E-state index contributed by atoms with van der Waals surface area (Å²) in [5.74, 6) is -0.279. The minimum absolute atomic E-state index is 0.279. The van der Waals surface area contributed by atoms with Gasteiger partial charge < -0.3 is 10.3 Å². The van der Waals surface area contributed by atoms with Crippen molar-refractivity contribution >= 4 is 33.1 Å². The van der Waals surface area contributed by atoms with E-state index in [1.54, 1.807) is 12.1 Å². The van der Waals surface area contributed by atoms with Crippen molar-refractivity contribution in [3.8, 4) is 0 Å². The average molecular weight is 324 g/mol. The zero-order valence-corrected chi connectivity index (χ0v) is 12.9. The van der Waals surface area contributed by atoms with E-state index in [0.29, 0.717) is 17.2 Å². The Hall–Kier alpha value is -2.73. The SMILES string of the molecule is Fc1cccc(Nc2nnc(Cc3c[nH]c4ccccc34)s2)c1. The highest BCUT2D eigenvalue weighted by Crippen LogP contribution is 2.25. The van der Waals surface area contributed by atoms with Crippen LogP contribution in [0.25, 0.3) is 10.9 Å². The first-order chi connectivity index (χ1) is 11.3. The number of benzene rings is 2. The highest BCUT2D eigenvalue weighted by atomic mass is 32.1. The predicted octanol–water partition coefficient (Wildman–Crippen LogP) is 4.49. The molecule has 4 rings (SSSR count). The van der Waals surface area contributed by atoms with Crippen LogP contribution in [0.15, 0.2) is 54.7 Å². The third kappa shape index (κ3) is 2.93. The number of para-hydroxylation sites is 1. The van der Waals surface area contributed by atoms with Gasteiger partial charge in [0.2, 0.25) is 5.13 Å². The first-order valence-electron chi connectivity index (χ1n) is 7.18. The van der Waals surface area contributed by atoms with Gasteiger partial charge in [-0.3, -0.25) is 0 Å². The molecule has 0 radical (unpaired) electrons. The molecule has 0 saturated heterocycles. The molecular formula is C17H13FN4S. The zero-order valence-electron chi connectivity index (χ0n) is 12.1. The Balaban J connectivity index is 1.54. The van der Waals surface area contributed by atoms with Crippen LogP contribution in [0.5, 0.6) is 0 Å². The number of fused-ring (bicyclic) bond motifs is 1. The Labute approximate surface area is 136 Å². The maximum absolute atomic E-state index is 13.2. The number of anilines is 2. The monoisotopic (exact) mass is 324 g/mol. The Kier molecular flexibility index (Phi) is 3.51. The van der Waals surface area contributed by atoms with E-state index in [4.69, 9.17) is 0 Å². The summed E-state index contributed by atoms with van der Waals surface area (Å²) in [6.07, 6.45) is 2.72. The Morgan fingerprint density at radius 1 is 1.09 bits per heavy atom. The number of aromatic nitrogens is 3. The van der Waals surface area contributed by atoms with Gasteiger partial charge in [-0.1, -0.05) is 35.6 Å². The topological polar surface area (TPSA) is 53.6 Å². The minimum Gasteiger partial charge on any atom is -0.361 e. The summed E-state index contributed by atoms with van der Waals surface area (Å²) in [4.78, 5) is 3.26. The van der Waals surface area contributed by atoms with E-state index in [2.05, 4.69) is 32.6 Å². The fourth-order valence-corrected chi connectivity index (χ4v) is 3.29. The molecule has 2 N–H and O–H groups in total. The predicted molar refractivity (Wildman–Crippen MR) is 90.7 cm³/mol. The third-order valence-corrected chi connectivity index (χ3v) is 4.40. The molecule has 0 bridgehead atoms. The summed E-state index contributed by atoms with van der Waals surface area (Å²) in [6.45, 7) is 0. The summed E-state index contributed by atoms with van der Waals surface area (Å²) in [6, 6.07) is 14.5. The van der Waals surface area contributed by atoms with Crippen molar-refractivity contribution in [2.24, 2.45) is 0 Å². The number of halogens is 1. The van der Waals surface area contributed by atoms with Gasteiger partial charge in [-0.05, 0) is 29.8 Å². The molecule has 4 aromatic rings. The lowest BCUT2D eigenvalue weighted by molar-refractivity contribution is 0.628. The second kappa shape index (κ2) is 5.81. The zero-order chi connectivity index (χ0) is 15.6. The number of hydrogen-bond acceptors (Lipinski definition) is 4. The van der Waals surface area contributed by atoms with Crippen molar-refractivity contribution in [1.82, 2.24) is 15.2 Å². The van der Waals surface area contributed by atoms with Gasteiger partial charge in [0.05, 0.1) is 0 Å². The smallest absolute Gasteiger partial charge is 0.210 e. The molecule has 2 aromatic carbocycles. The molecule has 0 amide bonds. The van der Waals surface area contributed by atoms with E-state index in [1.807, 2.05) is 18.3 Å². The van der Waals surface area contributed by atoms with Gasteiger partial charge in [0, 0.05) is 29.2 Å². The number of nitrogens with zero attached hydrogens (tertiary/aromatic N) is 2. The van der Waals surface area contributed by atoms with Crippen molar-refractivity contribution in [2.45, 2.75) is 6.42 Å². The van der Waals surface area contributed by atoms with E-state index in [9.17, 15) is 4.39 Å². The first-order valence-corrected chi connectivity index (χ1v) is 7.99. The standard InChI is InChI=1S/C17H13FN4S/c18-12-4-3-5-13(9-12)20-17-22-21-16(23-17)8-11-10-19-15-7-2-1-6-14(11)15/h1-7,9-10,19H,8H2,(H,20,22). The molecule has 114 valence electrons. The second-order valence-electron chi connectivity index (χ2n) is 5.17. The van der Waals surface area contributed by atoms with Gasteiger partial charge in [0.15, 0.2) is 0 Å². The number of rotatable bonds is 4. The Morgan fingerprint density at radius 3 is 2.91 bits per heavy atom. The first kappa shape index (κ1) is 13.9. The maximum atomic E-state index is 13.2. The fourth-order valence-electron chi connectivity index (χ4n) is 2.51. The molecule has 0 aliphatic rings. The molecular weight excluding hydrogens is 311 g/mol. The molecule has 0 atom stereocenters. The van der Waals surface area contributed by atoms with Gasteiger partial charge >= 0.3 is 0 Å². The van der Waals surface area contributed by atoms with Crippen LogP contribution < -0.4 is 5.32 Å². The van der Waals surface area contributed by atoms with Gasteiger partial charge in [-0.2, -0.15) is 0 Å². The summed E-state index contributed by atoms with van der Waals surface area (Å²) in [5.41, 5.74) is 2.97. The summed E-state index contributed by atoms with van der Waals surface area (Å²) in [7, 11) is 0. The molecule has 0 aliphatic carbocycles. The second-order valence-corrected chi connectivity index (χ2v) is 6.23. The fraction of sp³-hybridized carbons (Fsp3) is 0.0588. The number of aromatic amines is 1. The lowest BCUT2D eigenvalue weighted by Gasteiger charge is -2.00. The number of H-pyrrole nitrogens is 1. The maximum Gasteiger partial charge on any atom is 0.210 e. The highest BCUT2D eigenvalue weighted by Gasteiger charge is 2.09. The highest BCUT2D eigenvalue weighted by molar-refractivity contribution is 7.15.